The zero-order valence-electron chi connectivity index (χ0n) is 9.80. The van der Waals surface area contributed by atoms with E-state index < -0.39 is 18.0 Å². The molecular formula is C11H11F3N4O. The molecule has 0 aliphatic carbocycles. The molecule has 0 amide bonds. The Morgan fingerprint density at radius 3 is 2.79 bits per heavy atom. The van der Waals surface area contributed by atoms with Crippen LogP contribution in [0.5, 0.6) is 0 Å². The molecule has 1 N–H and O–H groups in total. The number of halogens is 3. The predicted octanol–water partition coefficient (Wildman–Crippen LogP) is 1.32. The molecule has 3 heterocycles. The smallest absolute Gasteiger partial charge is 0.391 e. The maximum Gasteiger partial charge on any atom is 0.435 e. The summed E-state index contributed by atoms with van der Waals surface area (Å²) in [6.07, 6.45) is -1.58. The summed E-state index contributed by atoms with van der Waals surface area (Å²) in [5.74, 6) is 0.419. The van der Waals surface area contributed by atoms with Crippen LogP contribution in [0, 0.1) is 0 Å². The SMILES string of the molecule is OC1CCN(c2nccn3nc(C(F)(F)F)cc23)C1. The Kier molecular flexibility index (Phi) is 2.63. The van der Waals surface area contributed by atoms with Gasteiger partial charge in [-0.15, -0.1) is 0 Å². The Morgan fingerprint density at radius 1 is 1.37 bits per heavy atom. The number of aromatic nitrogens is 3. The number of rotatable bonds is 1. The molecule has 1 unspecified atom stereocenters. The summed E-state index contributed by atoms with van der Waals surface area (Å²) in [7, 11) is 0. The van der Waals surface area contributed by atoms with Gasteiger partial charge < -0.3 is 10.0 Å². The first-order valence-electron chi connectivity index (χ1n) is 5.80. The second kappa shape index (κ2) is 4.09. The normalized spacial score (nSPS) is 20.4. The number of hydrogen-bond acceptors (Lipinski definition) is 4. The van der Waals surface area contributed by atoms with Gasteiger partial charge in [-0.25, -0.2) is 9.50 Å². The maximum atomic E-state index is 12.6. The van der Waals surface area contributed by atoms with Gasteiger partial charge in [-0.1, -0.05) is 0 Å². The summed E-state index contributed by atoms with van der Waals surface area (Å²) < 4.78 is 39.1. The lowest BCUT2D eigenvalue weighted by molar-refractivity contribution is -0.141. The minimum absolute atomic E-state index is 0.295. The van der Waals surface area contributed by atoms with Crippen LogP contribution >= 0.6 is 0 Å². The number of nitrogens with zero attached hydrogens (tertiary/aromatic N) is 4. The maximum absolute atomic E-state index is 12.6. The number of alkyl halides is 3. The molecule has 2 aromatic rings. The molecule has 0 radical (unpaired) electrons. The molecule has 1 fully saturated rings. The monoisotopic (exact) mass is 272 g/mol. The van der Waals surface area contributed by atoms with E-state index in [2.05, 4.69) is 10.1 Å². The van der Waals surface area contributed by atoms with E-state index in [1.165, 1.54) is 12.4 Å². The Hall–Kier alpha value is -1.83. The molecule has 1 aliphatic heterocycles. The number of fused-ring (bicyclic) bond motifs is 1. The average molecular weight is 272 g/mol. The minimum atomic E-state index is -4.48. The van der Waals surface area contributed by atoms with E-state index in [9.17, 15) is 18.3 Å². The third-order valence-electron chi connectivity index (χ3n) is 3.12. The molecule has 0 bridgehead atoms. The summed E-state index contributed by atoms with van der Waals surface area (Å²) in [5, 5.41) is 13.0. The van der Waals surface area contributed by atoms with Crippen LogP contribution in [0.15, 0.2) is 18.5 Å². The number of aliphatic hydroxyl groups excluding tert-OH is 1. The van der Waals surface area contributed by atoms with Crippen LogP contribution in [0.25, 0.3) is 5.52 Å². The van der Waals surface area contributed by atoms with Gasteiger partial charge in [-0.2, -0.15) is 18.3 Å². The zero-order valence-corrected chi connectivity index (χ0v) is 9.80. The van der Waals surface area contributed by atoms with Crippen molar-refractivity contribution >= 4 is 11.3 Å². The van der Waals surface area contributed by atoms with E-state index in [1.807, 2.05) is 0 Å². The summed E-state index contributed by atoms with van der Waals surface area (Å²) in [6.45, 7) is 0.944. The molecule has 1 aliphatic rings. The summed E-state index contributed by atoms with van der Waals surface area (Å²) in [5.41, 5.74) is -0.648. The number of aliphatic hydroxyl groups is 1. The molecule has 2 aromatic heterocycles. The lowest BCUT2D eigenvalue weighted by Gasteiger charge is -2.16. The van der Waals surface area contributed by atoms with Gasteiger partial charge in [0.25, 0.3) is 0 Å². The molecular weight excluding hydrogens is 261 g/mol. The first-order chi connectivity index (χ1) is 8.95. The first kappa shape index (κ1) is 12.2. The lowest BCUT2D eigenvalue weighted by Crippen LogP contribution is -2.22. The van der Waals surface area contributed by atoms with Gasteiger partial charge in [-0.3, -0.25) is 0 Å². The second-order valence-corrected chi connectivity index (χ2v) is 4.50. The molecule has 0 saturated carbocycles. The highest BCUT2D eigenvalue weighted by Gasteiger charge is 2.35. The van der Waals surface area contributed by atoms with E-state index in [1.54, 1.807) is 4.90 Å². The van der Waals surface area contributed by atoms with Crippen molar-refractivity contribution < 1.29 is 18.3 Å². The number of β-amino-alcohol motifs (C(OH)–C–C–N with tert-alkyl or cyclic N) is 1. The van der Waals surface area contributed by atoms with Crippen molar-refractivity contribution in [3.63, 3.8) is 0 Å². The Balaban J connectivity index is 2.08. The molecule has 102 valence electrons. The van der Waals surface area contributed by atoms with Gasteiger partial charge in [0, 0.05) is 31.5 Å². The van der Waals surface area contributed by atoms with Crippen molar-refractivity contribution in [1.29, 1.82) is 0 Å². The Morgan fingerprint density at radius 2 is 2.16 bits per heavy atom. The molecule has 5 nitrogen and oxygen atoms in total. The van der Waals surface area contributed by atoms with Crippen LogP contribution in [0.1, 0.15) is 12.1 Å². The van der Waals surface area contributed by atoms with Crippen LogP contribution in [0.3, 0.4) is 0 Å². The highest BCUT2D eigenvalue weighted by Crippen LogP contribution is 2.31. The predicted molar refractivity (Wildman–Crippen MR) is 60.8 cm³/mol. The van der Waals surface area contributed by atoms with Crippen molar-refractivity contribution in [3.8, 4) is 0 Å². The van der Waals surface area contributed by atoms with Crippen LogP contribution in [0.4, 0.5) is 19.0 Å². The third-order valence-corrected chi connectivity index (χ3v) is 3.12. The Labute approximate surface area is 106 Å². The molecule has 1 atom stereocenters. The summed E-state index contributed by atoms with van der Waals surface area (Å²) in [6, 6.07) is 0.979. The molecule has 0 aromatic carbocycles. The van der Waals surface area contributed by atoms with Gasteiger partial charge in [0.1, 0.15) is 5.52 Å². The minimum Gasteiger partial charge on any atom is -0.391 e. The van der Waals surface area contributed by atoms with Gasteiger partial charge in [0.15, 0.2) is 11.5 Å². The van der Waals surface area contributed by atoms with Crippen molar-refractivity contribution in [3.05, 3.63) is 24.2 Å². The summed E-state index contributed by atoms with van der Waals surface area (Å²) >= 11 is 0. The standard InChI is InChI=1S/C11H11F3N4O/c12-11(13,14)9-5-8-10(15-2-4-18(8)16-9)17-3-1-7(19)6-17/h2,4-5,7,19H,1,3,6H2. The average Bonchev–Trinajstić information content (AvgIpc) is 2.93. The topological polar surface area (TPSA) is 53.7 Å². The van der Waals surface area contributed by atoms with Crippen molar-refractivity contribution in [2.45, 2.75) is 18.7 Å². The summed E-state index contributed by atoms with van der Waals surface area (Å²) in [4.78, 5) is 5.87. The third kappa shape index (κ3) is 2.12. The van der Waals surface area contributed by atoms with E-state index in [4.69, 9.17) is 0 Å². The Bertz CT molecular complexity index is 609. The molecule has 0 spiro atoms. The van der Waals surface area contributed by atoms with E-state index >= 15 is 0 Å². The quantitative estimate of drug-likeness (QED) is 0.850. The highest BCUT2D eigenvalue weighted by atomic mass is 19.4. The fourth-order valence-electron chi connectivity index (χ4n) is 2.22. The van der Waals surface area contributed by atoms with Gasteiger partial charge in [-0.05, 0) is 6.42 Å². The van der Waals surface area contributed by atoms with Gasteiger partial charge >= 0.3 is 6.18 Å². The fraction of sp³-hybridized carbons (Fsp3) is 0.455. The second-order valence-electron chi connectivity index (χ2n) is 4.50. The molecule has 1 saturated heterocycles. The first-order valence-corrected chi connectivity index (χ1v) is 5.80. The van der Waals surface area contributed by atoms with Crippen LogP contribution in [-0.4, -0.2) is 38.9 Å². The van der Waals surface area contributed by atoms with E-state index in [0.29, 0.717) is 30.8 Å². The van der Waals surface area contributed by atoms with Crippen molar-refractivity contribution in [2.24, 2.45) is 0 Å². The highest BCUT2D eigenvalue weighted by molar-refractivity contribution is 5.69. The molecule has 3 rings (SSSR count). The van der Waals surface area contributed by atoms with Crippen molar-refractivity contribution in [2.75, 3.05) is 18.0 Å². The van der Waals surface area contributed by atoms with Gasteiger partial charge in [0.2, 0.25) is 0 Å². The van der Waals surface area contributed by atoms with Crippen LogP contribution in [0.2, 0.25) is 0 Å². The number of anilines is 1. The lowest BCUT2D eigenvalue weighted by atomic mass is 10.3. The van der Waals surface area contributed by atoms with Crippen LogP contribution < -0.4 is 4.90 Å². The van der Waals surface area contributed by atoms with E-state index in [-0.39, 0.29) is 0 Å². The van der Waals surface area contributed by atoms with Crippen molar-refractivity contribution in [1.82, 2.24) is 14.6 Å². The molecule has 8 heteroatoms. The number of hydrogen-bond donors (Lipinski definition) is 1. The molecule has 19 heavy (non-hydrogen) atoms. The van der Waals surface area contributed by atoms with Crippen LogP contribution in [-0.2, 0) is 6.18 Å². The largest absolute Gasteiger partial charge is 0.435 e. The fourth-order valence-corrected chi connectivity index (χ4v) is 2.22. The van der Waals surface area contributed by atoms with Gasteiger partial charge in [0.05, 0.1) is 6.10 Å². The van der Waals surface area contributed by atoms with E-state index in [0.717, 1.165) is 10.6 Å². The zero-order chi connectivity index (χ0) is 13.6.